The topological polar surface area (TPSA) is 67.4 Å². The maximum atomic E-state index is 12.3. The smallest absolute Gasteiger partial charge is 0.262 e. The van der Waals surface area contributed by atoms with Crippen molar-refractivity contribution in [1.82, 2.24) is 5.32 Å². The Morgan fingerprint density at radius 2 is 2.23 bits per heavy atom. The third kappa shape index (κ3) is 2.82. The van der Waals surface area contributed by atoms with Crippen LogP contribution in [0.3, 0.4) is 0 Å². The Morgan fingerprint density at radius 3 is 2.95 bits per heavy atom. The zero-order valence-corrected chi connectivity index (χ0v) is 13.1. The van der Waals surface area contributed by atoms with Crippen LogP contribution in [0.5, 0.6) is 5.75 Å². The number of rotatable bonds is 3. The molecule has 0 unspecified atom stereocenters. The van der Waals surface area contributed by atoms with Gasteiger partial charge in [-0.1, -0.05) is 6.07 Å². The molecule has 2 amide bonds. The second-order valence-corrected chi connectivity index (χ2v) is 6.14. The van der Waals surface area contributed by atoms with Gasteiger partial charge in [0, 0.05) is 0 Å². The minimum atomic E-state index is -0.171. The van der Waals surface area contributed by atoms with E-state index in [0.717, 1.165) is 16.0 Å². The van der Waals surface area contributed by atoms with Crippen LogP contribution in [0.2, 0.25) is 0 Å². The van der Waals surface area contributed by atoms with Crippen LogP contribution in [0.1, 0.15) is 33.8 Å². The summed E-state index contributed by atoms with van der Waals surface area (Å²) in [6.07, 6.45) is 0. The largest absolute Gasteiger partial charge is 0.482 e. The summed E-state index contributed by atoms with van der Waals surface area (Å²) in [7, 11) is 0. The van der Waals surface area contributed by atoms with Gasteiger partial charge in [-0.05, 0) is 48.6 Å². The molecule has 1 atom stereocenters. The van der Waals surface area contributed by atoms with Crippen molar-refractivity contribution in [1.29, 1.82) is 0 Å². The normalized spacial score (nSPS) is 14.5. The van der Waals surface area contributed by atoms with Crippen molar-refractivity contribution >= 4 is 28.8 Å². The molecule has 3 rings (SSSR count). The first-order valence-corrected chi connectivity index (χ1v) is 7.84. The number of hydrogen-bond donors (Lipinski definition) is 2. The van der Waals surface area contributed by atoms with Gasteiger partial charge in [0.2, 0.25) is 0 Å². The number of thiophene rings is 1. The molecule has 6 heteroatoms. The summed E-state index contributed by atoms with van der Waals surface area (Å²) in [6.45, 7) is 3.87. The summed E-state index contributed by atoms with van der Waals surface area (Å²) in [4.78, 5) is 24.4. The molecule has 1 aliphatic rings. The van der Waals surface area contributed by atoms with Gasteiger partial charge in [0.1, 0.15) is 5.75 Å². The van der Waals surface area contributed by atoms with Crippen LogP contribution in [0, 0.1) is 6.92 Å². The SMILES string of the molecule is Cc1ccsc1C(=O)N[C@H](C)c1ccc2c(c1)NC(=O)CO2. The third-order valence-corrected chi connectivity index (χ3v) is 4.57. The Balaban J connectivity index is 1.76. The van der Waals surface area contributed by atoms with E-state index in [0.29, 0.717) is 11.4 Å². The van der Waals surface area contributed by atoms with Gasteiger partial charge in [-0.25, -0.2) is 0 Å². The summed E-state index contributed by atoms with van der Waals surface area (Å²) in [5, 5.41) is 7.65. The predicted octanol–water partition coefficient (Wildman–Crippen LogP) is 2.88. The van der Waals surface area contributed by atoms with E-state index in [-0.39, 0.29) is 24.5 Å². The number of fused-ring (bicyclic) bond motifs is 1. The second kappa shape index (κ2) is 5.81. The van der Waals surface area contributed by atoms with Gasteiger partial charge in [-0.2, -0.15) is 0 Å². The van der Waals surface area contributed by atoms with Gasteiger partial charge < -0.3 is 15.4 Å². The number of carbonyl (C=O) groups excluding carboxylic acids is 2. The molecule has 2 N–H and O–H groups in total. The van der Waals surface area contributed by atoms with Crippen molar-refractivity contribution in [3.8, 4) is 5.75 Å². The summed E-state index contributed by atoms with van der Waals surface area (Å²) in [5.74, 6) is 0.393. The quantitative estimate of drug-likeness (QED) is 0.915. The highest BCUT2D eigenvalue weighted by Gasteiger charge is 2.19. The van der Waals surface area contributed by atoms with Gasteiger partial charge in [0.25, 0.3) is 11.8 Å². The highest BCUT2D eigenvalue weighted by molar-refractivity contribution is 7.12. The van der Waals surface area contributed by atoms with Gasteiger partial charge >= 0.3 is 0 Å². The van der Waals surface area contributed by atoms with Gasteiger partial charge in [0.05, 0.1) is 16.6 Å². The maximum Gasteiger partial charge on any atom is 0.262 e. The molecule has 1 aromatic heterocycles. The lowest BCUT2D eigenvalue weighted by molar-refractivity contribution is -0.118. The minimum absolute atomic E-state index is 0.0380. The number of anilines is 1. The number of aryl methyl sites for hydroxylation is 1. The lowest BCUT2D eigenvalue weighted by Crippen LogP contribution is -2.28. The molecular formula is C16H16N2O3S. The molecule has 0 saturated heterocycles. The van der Waals surface area contributed by atoms with Crippen molar-refractivity contribution in [3.05, 3.63) is 45.6 Å². The van der Waals surface area contributed by atoms with Crippen LogP contribution in [0.25, 0.3) is 0 Å². The lowest BCUT2D eigenvalue weighted by Gasteiger charge is -2.21. The van der Waals surface area contributed by atoms with E-state index in [1.165, 1.54) is 11.3 Å². The highest BCUT2D eigenvalue weighted by Crippen LogP contribution is 2.30. The molecule has 0 fully saturated rings. The highest BCUT2D eigenvalue weighted by atomic mass is 32.1. The number of benzene rings is 1. The van der Waals surface area contributed by atoms with Crippen LogP contribution >= 0.6 is 11.3 Å². The molecule has 0 spiro atoms. The second-order valence-electron chi connectivity index (χ2n) is 5.22. The Kier molecular flexibility index (Phi) is 3.85. The van der Waals surface area contributed by atoms with Crippen LogP contribution in [0.4, 0.5) is 5.69 Å². The maximum absolute atomic E-state index is 12.3. The third-order valence-electron chi connectivity index (χ3n) is 3.55. The van der Waals surface area contributed by atoms with Crippen molar-refractivity contribution < 1.29 is 14.3 Å². The summed E-state index contributed by atoms with van der Waals surface area (Å²) in [6, 6.07) is 7.29. The Morgan fingerprint density at radius 1 is 1.41 bits per heavy atom. The fourth-order valence-electron chi connectivity index (χ4n) is 2.32. The van der Waals surface area contributed by atoms with E-state index in [1.54, 1.807) is 0 Å². The van der Waals surface area contributed by atoms with Crippen LogP contribution < -0.4 is 15.4 Å². The first kappa shape index (κ1) is 14.6. The van der Waals surface area contributed by atoms with Crippen molar-refractivity contribution in [2.45, 2.75) is 19.9 Å². The molecule has 1 aromatic carbocycles. The molecule has 2 aromatic rings. The van der Waals surface area contributed by atoms with Crippen molar-refractivity contribution in [2.24, 2.45) is 0 Å². The summed E-state index contributed by atoms with van der Waals surface area (Å²) < 4.78 is 5.33. The average Bonchev–Trinajstić information content (AvgIpc) is 2.92. The Hall–Kier alpha value is -2.34. The van der Waals surface area contributed by atoms with E-state index in [4.69, 9.17) is 4.74 Å². The molecule has 0 saturated carbocycles. The van der Waals surface area contributed by atoms with Crippen LogP contribution in [-0.4, -0.2) is 18.4 Å². The fourth-order valence-corrected chi connectivity index (χ4v) is 3.15. The number of amides is 2. The monoisotopic (exact) mass is 316 g/mol. The van der Waals surface area contributed by atoms with Gasteiger partial charge in [-0.3, -0.25) is 9.59 Å². The zero-order chi connectivity index (χ0) is 15.7. The van der Waals surface area contributed by atoms with Crippen molar-refractivity contribution in [2.75, 3.05) is 11.9 Å². The molecule has 22 heavy (non-hydrogen) atoms. The van der Waals surface area contributed by atoms with E-state index >= 15 is 0 Å². The molecule has 2 heterocycles. The molecular weight excluding hydrogens is 300 g/mol. The molecule has 0 radical (unpaired) electrons. The fraction of sp³-hybridized carbons (Fsp3) is 0.250. The van der Waals surface area contributed by atoms with Crippen LogP contribution in [-0.2, 0) is 4.79 Å². The van der Waals surface area contributed by atoms with Gasteiger partial charge in [-0.15, -0.1) is 11.3 Å². The summed E-state index contributed by atoms with van der Waals surface area (Å²) >= 11 is 1.43. The molecule has 0 bridgehead atoms. The number of hydrogen-bond acceptors (Lipinski definition) is 4. The molecule has 1 aliphatic heterocycles. The standard InChI is InChI=1S/C16H16N2O3S/c1-9-5-6-22-15(9)16(20)17-10(2)11-3-4-13-12(7-11)18-14(19)8-21-13/h3-7,10H,8H2,1-2H3,(H,17,20)(H,18,19)/t10-/m1/s1. The van der Waals surface area contributed by atoms with Crippen molar-refractivity contribution in [3.63, 3.8) is 0 Å². The molecule has 5 nitrogen and oxygen atoms in total. The number of nitrogens with one attached hydrogen (secondary N) is 2. The number of ether oxygens (including phenoxy) is 1. The first-order valence-electron chi connectivity index (χ1n) is 6.96. The molecule has 0 aliphatic carbocycles. The number of carbonyl (C=O) groups is 2. The minimum Gasteiger partial charge on any atom is -0.482 e. The first-order chi connectivity index (χ1) is 10.5. The van der Waals surface area contributed by atoms with E-state index in [9.17, 15) is 9.59 Å². The lowest BCUT2D eigenvalue weighted by atomic mass is 10.1. The Labute approximate surface area is 132 Å². The zero-order valence-electron chi connectivity index (χ0n) is 12.3. The van der Waals surface area contributed by atoms with Crippen LogP contribution in [0.15, 0.2) is 29.6 Å². The van der Waals surface area contributed by atoms with E-state index in [2.05, 4.69) is 10.6 Å². The Bertz CT molecular complexity index is 739. The van der Waals surface area contributed by atoms with Gasteiger partial charge in [0.15, 0.2) is 6.61 Å². The average molecular weight is 316 g/mol. The van der Waals surface area contributed by atoms with E-state index < -0.39 is 0 Å². The predicted molar refractivity (Wildman–Crippen MR) is 85.5 cm³/mol. The molecule has 114 valence electrons. The summed E-state index contributed by atoms with van der Waals surface area (Å²) in [5.41, 5.74) is 2.52. The van der Waals surface area contributed by atoms with E-state index in [1.807, 2.05) is 43.5 Å².